The van der Waals surface area contributed by atoms with E-state index in [2.05, 4.69) is 10.3 Å². The summed E-state index contributed by atoms with van der Waals surface area (Å²) < 4.78 is 5.56. The zero-order valence-corrected chi connectivity index (χ0v) is 11.8. The summed E-state index contributed by atoms with van der Waals surface area (Å²) in [5.74, 6) is 0.406. The highest BCUT2D eigenvalue weighted by Gasteiger charge is 2.14. The number of aromatic nitrogens is 1. The predicted octanol–water partition coefficient (Wildman–Crippen LogP) is 3.28. The Morgan fingerprint density at radius 1 is 1.24 bits per heavy atom. The van der Waals surface area contributed by atoms with Gasteiger partial charge in [-0.05, 0) is 43.7 Å². The van der Waals surface area contributed by atoms with Gasteiger partial charge in [-0.2, -0.15) is 0 Å². The maximum atomic E-state index is 12.2. The number of carbonyl (C=O) groups is 1. The Hall–Kier alpha value is -2.82. The van der Waals surface area contributed by atoms with Gasteiger partial charge in [-0.1, -0.05) is 11.6 Å². The Balaban J connectivity index is 1.89. The Labute approximate surface area is 121 Å². The summed E-state index contributed by atoms with van der Waals surface area (Å²) in [4.78, 5) is 16.3. The number of nitrogens with two attached hydrogens (primary N) is 1. The molecule has 21 heavy (non-hydrogen) atoms. The quantitative estimate of drug-likeness (QED) is 0.755. The Morgan fingerprint density at radius 2 is 2.05 bits per heavy atom. The number of fused-ring (bicyclic) bond motifs is 1. The third kappa shape index (κ3) is 2.58. The van der Waals surface area contributed by atoms with Gasteiger partial charge in [0.2, 0.25) is 0 Å². The summed E-state index contributed by atoms with van der Waals surface area (Å²) in [5.41, 5.74) is 8.81. The molecule has 0 fully saturated rings. The van der Waals surface area contributed by atoms with Gasteiger partial charge in [-0.3, -0.25) is 4.79 Å². The van der Waals surface area contributed by atoms with Crippen LogP contribution in [0.4, 0.5) is 11.5 Å². The molecule has 3 aromatic rings. The molecule has 0 saturated heterocycles. The molecule has 5 nitrogen and oxygen atoms in total. The summed E-state index contributed by atoms with van der Waals surface area (Å²) in [6.45, 7) is 3.83. The molecule has 1 aromatic carbocycles. The minimum atomic E-state index is -0.329. The number of anilines is 2. The average molecular weight is 281 g/mol. The van der Waals surface area contributed by atoms with Crippen LogP contribution in [-0.4, -0.2) is 10.9 Å². The van der Waals surface area contributed by atoms with Crippen LogP contribution in [-0.2, 0) is 0 Å². The molecule has 3 N–H and O–H groups in total. The number of nitrogen functional groups attached to an aromatic ring is 1. The number of nitrogens with one attached hydrogen (secondary N) is 1. The van der Waals surface area contributed by atoms with Crippen molar-refractivity contribution in [3.8, 4) is 0 Å². The second-order valence-electron chi connectivity index (χ2n) is 5.04. The van der Waals surface area contributed by atoms with E-state index in [1.54, 1.807) is 12.1 Å². The van der Waals surface area contributed by atoms with Gasteiger partial charge in [0, 0.05) is 5.39 Å². The van der Waals surface area contributed by atoms with Gasteiger partial charge < -0.3 is 15.5 Å². The van der Waals surface area contributed by atoms with Gasteiger partial charge in [-0.15, -0.1) is 0 Å². The molecule has 0 unspecified atom stereocenters. The lowest BCUT2D eigenvalue weighted by atomic mass is 10.2. The first-order chi connectivity index (χ1) is 10.0. The summed E-state index contributed by atoms with van der Waals surface area (Å²) in [6, 6.07) is 9.25. The smallest absolute Gasteiger partial charge is 0.292 e. The fraction of sp³-hybridized carbons (Fsp3) is 0.125. The zero-order chi connectivity index (χ0) is 15.0. The molecule has 0 aliphatic carbocycles. The highest BCUT2D eigenvalue weighted by Crippen LogP contribution is 2.22. The summed E-state index contributed by atoms with van der Waals surface area (Å²) in [6.07, 6.45) is 1.50. The number of nitrogens with zero attached hydrogens (tertiary/aromatic N) is 1. The van der Waals surface area contributed by atoms with Crippen molar-refractivity contribution in [1.29, 1.82) is 0 Å². The standard InChI is InChI=1S/C16H15N3O2/c1-9-3-4-13-11(5-9)7-14(21-13)16(20)19-15-10(2)6-12(17)8-18-15/h3-8H,17H2,1-2H3,(H,18,19,20). The van der Waals surface area contributed by atoms with E-state index in [4.69, 9.17) is 10.2 Å². The minimum Gasteiger partial charge on any atom is -0.451 e. The largest absolute Gasteiger partial charge is 0.451 e. The molecule has 2 heterocycles. The Kier molecular flexibility index (Phi) is 3.10. The fourth-order valence-electron chi connectivity index (χ4n) is 2.17. The van der Waals surface area contributed by atoms with E-state index in [-0.39, 0.29) is 11.7 Å². The van der Waals surface area contributed by atoms with Crippen molar-refractivity contribution in [3.63, 3.8) is 0 Å². The number of pyridine rings is 1. The van der Waals surface area contributed by atoms with Gasteiger partial charge in [0.1, 0.15) is 11.4 Å². The molecule has 5 heteroatoms. The lowest BCUT2D eigenvalue weighted by Crippen LogP contribution is -2.13. The van der Waals surface area contributed by atoms with Crippen LogP contribution < -0.4 is 11.1 Å². The number of aryl methyl sites for hydroxylation is 2. The SMILES string of the molecule is Cc1ccc2oc(C(=O)Nc3ncc(N)cc3C)cc2c1. The molecule has 1 amide bonds. The van der Waals surface area contributed by atoms with Crippen LogP contribution in [0, 0.1) is 13.8 Å². The van der Waals surface area contributed by atoms with Gasteiger partial charge in [-0.25, -0.2) is 4.98 Å². The summed E-state index contributed by atoms with van der Waals surface area (Å²) in [7, 11) is 0. The fourth-order valence-corrected chi connectivity index (χ4v) is 2.17. The van der Waals surface area contributed by atoms with Crippen molar-refractivity contribution in [2.24, 2.45) is 0 Å². The van der Waals surface area contributed by atoms with Crippen molar-refractivity contribution in [2.45, 2.75) is 13.8 Å². The van der Waals surface area contributed by atoms with Gasteiger partial charge >= 0.3 is 0 Å². The average Bonchev–Trinajstić information content (AvgIpc) is 2.85. The number of hydrogen-bond donors (Lipinski definition) is 2. The summed E-state index contributed by atoms with van der Waals surface area (Å²) >= 11 is 0. The van der Waals surface area contributed by atoms with Crippen LogP contribution in [0.25, 0.3) is 11.0 Å². The third-order valence-electron chi connectivity index (χ3n) is 3.23. The van der Waals surface area contributed by atoms with Crippen LogP contribution in [0.2, 0.25) is 0 Å². The highest BCUT2D eigenvalue weighted by molar-refractivity contribution is 6.04. The Bertz CT molecular complexity index is 837. The van der Waals surface area contributed by atoms with Gasteiger partial charge in [0.25, 0.3) is 5.91 Å². The first kappa shape index (κ1) is 13.2. The lowest BCUT2D eigenvalue weighted by Gasteiger charge is -2.06. The van der Waals surface area contributed by atoms with Crippen molar-refractivity contribution >= 4 is 28.4 Å². The monoisotopic (exact) mass is 281 g/mol. The van der Waals surface area contributed by atoms with E-state index in [9.17, 15) is 4.79 Å². The molecule has 0 radical (unpaired) electrons. The lowest BCUT2D eigenvalue weighted by molar-refractivity contribution is 0.0998. The van der Waals surface area contributed by atoms with Crippen molar-refractivity contribution < 1.29 is 9.21 Å². The maximum Gasteiger partial charge on any atom is 0.292 e. The van der Waals surface area contributed by atoms with Crippen LogP contribution in [0.5, 0.6) is 0 Å². The number of rotatable bonds is 2. The second kappa shape index (κ2) is 4.94. The van der Waals surface area contributed by atoms with Crippen molar-refractivity contribution in [3.05, 3.63) is 53.4 Å². The maximum absolute atomic E-state index is 12.2. The zero-order valence-electron chi connectivity index (χ0n) is 11.8. The van der Waals surface area contributed by atoms with E-state index in [1.165, 1.54) is 6.20 Å². The molecular formula is C16H15N3O2. The molecule has 0 aliphatic rings. The van der Waals surface area contributed by atoms with E-state index in [1.807, 2.05) is 32.0 Å². The summed E-state index contributed by atoms with van der Waals surface area (Å²) in [5, 5.41) is 3.63. The molecule has 106 valence electrons. The number of amides is 1. The first-order valence-corrected chi connectivity index (χ1v) is 6.56. The highest BCUT2D eigenvalue weighted by atomic mass is 16.3. The number of hydrogen-bond acceptors (Lipinski definition) is 4. The van der Waals surface area contributed by atoms with E-state index in [0.29, 0.717) is 17.1 Å². The molecule has 2 aromatic heterocycles. The molecule has 0 atom stereocenters. The number of furan rings is 1. The van der Waals surface area contributed by atoms with Gasteiger partial charge in [0.15, 0.2) is 5.76 Å². The first-order valence-electron chi connectivity index (χ1n) is 6.56. The van der Waals surface area contributed by atoms with Crippen molar-refractivity contribution in [1.82, 2.24) is 4.98 Å². The Morgan fingerprint density at radius 3 is 2.81 bits per heavy atom. The topological polar surface area (TPSA) is 81.2 Å². The number of carbonyl (C=O) groups excluding carboxylic acids is 1. The van der Waals surface area contributed by atoms with E-state index in [0.717, 1.165) is 16.5 Å². The van der Waals surface area contributed by atoms with Gasteiger partial charge in [0.05, 0.1) is 11.9 Å². The van der Waals surface area contributed by atoms with Crippen LogP contribution in [0.1, 0.15) is 21.7 Å². The van der Waals surface area contributed by atoms with Crippen LogP contribution >= 0.6 is 0 Å². The molecular weight excluding hydrogens is 266 g/mol. The molecule has 3 rings (SSSR count). The van der Waals surface area contributed by atoms with E-state index < -0.39 is 0 Å². The van der Waals surface area contributed by atoms with Crippen LogP contribution in [0.3, 0.4) is 0 Å². The van der Waals surface area contributed by atoms with E-state index >= 15 is 0 Å². The third-order valence-corrected chi connectivity index (χ3v) is 3.23. The second-order valence-corrected chi connectivity index (χ2v) is 5.04. The van der Waals surface area contributed by atoms with Crippen LogP contribution in [0.15, 0.2) is 40.9 Å². The molecule has 0 saturated carbocycles. The van der Waals surface area contributed by atoms with Crippen molar-refractivity contribution in [2.75, 3.05) is 11.1 Å². The molecule has 0 aliphatic heterocycles. The normalized spacial score (nSPS) is 10.8. The molecule has 0 spiro atoms. The number of benzene rings is 1. The molecule has 0 bridgehead atoms. The minimum absolute atomic E-state index is 0.258. The predicted molar refractivity (Wildman–Crippen MR) is 82.3 cm³/mol.